The van der Waals surface area contributed by atoms with Gasteiger partial charge < -0.3 is 0 Å². The van der Waals surface area contributed by atoms with Crippen molar-refractivity contribution in [2.45, 2.75) is 122 Å². The first-order chi connectivity index (χ1) is 10.5. The van der Waals surface area contributed by atoms with E-state index in [2.05, 4.69) is 11.8 Å². The van der Waals surface area contributed by atoms with Gasteiger partial charge in [0.1, 0.15) is 0 Å². The molecule has 0 aromatic heterocycles. The van der Waals surface area contributed by atoms with Crippen LogP contribution in [0.1, 0.15) is 122 Å². The van der Waals surface area contributed by atoms with Crippen LogP contribution in [0.5, 0.6) is 0 Å². The summed E-state index contributed by atoms with van der Waals surface area (Å²) in [6, 6.07) is 0. The summed E-state index contributed by atoms with van der Waals surface area (Å²) in [7, 11) is 0. The molecule has 122 valence electrons. The van der Waals surface area contributed by atoms with Crippen molar-refractivity contribution in [3.8, 4) is 11.8 Å². The van der Waals surface area contributed by atoms with Gasteiger partial charge in [-0.15, -0.1) is 11.8 Å². The van der Waals surface area contributed by atoms with Gasteiger partial charge in [-0.25, -0.2) is 0 Å². The lowest BCUT2D eigenvalue weighted by atomic mass is 10.0. The van der Waals surface area contributed by atoms with Crippen LogP contribution >= 0.6 is 0 Å². The average molecular weight is 291 g/mol. The van der Waals surface area contributed by atoms with Gasteiger partial charge >= 0.3 is 0 Å². The predicted octanol–water partition coefficient (Wildman–Crippen LogP) is 7.42. The van der Waals surface area contributed by atoms with Crippen LogP contribution in [0.2, 0.25) is 0 Å². The Morgan fingerprint density at radius 3 is 0.667 bits per heavy atom. The number of rotatable bonds is 0. The highest BCUT2D eigenvalue weighted by molar-refractivity contribution is 4.98. The Balaban J connectivity index is 2.07. The van der Waals surface area contributed by atoms with E-state index < -0.39 is 0 Å². The quantitative estimate of drug-likeness (QED) is 0.407. The van der Waals surface area contributed by atoms with Crippen LogP contribution in [0, 0.1) is 11.8 Å². The third kappa shape index (κ3) is 14.3. The van der Waals surface area contributed by atoms with E-state index in [-0.39, 0.29) is 0 Å². The van der Waals surface area contributed by atoms with Crippen LogP contribution in [-0.2, 0) is 0 Å². The third-order valence-electron chi connectivity index (χ3n) is 4.73. The third-order valence-corrected chi connectivity index (χ3v) is 4.73. The Labute approximate surface area is 134 Å². The fourth-order valence-electron chi connectivity index (χ4n) is 3.26. The van der Waals surface area contributed by atoms with Crippen molar-refractivity contribution in [2.24, 2.45) is 0 Å². The molecule has 0 aromatic rings. The van der Waals surface area contributed by atoms with Crippen LogP contribution in [-0.4, -0.2) is 0 Å². The van der Waals surface area contributed by atoms with Gasteiger partial charge in [0.15, 0.2) is 0 Å². The predicted molar refractivity (Wildman–Crippen MR) is 95.5 cm³/mol. The summed E-state index contributed by atoms with van der Waals surface area (Å²) < 4.78 is 0. The lowest BCUT2D eigenvalue weighted by Crippen LogP contribution is -1.83. The zero-order valence-electron chi connectivity index (χ0n) is 14.4. The standard InChI is InChI=1S/C21H38/c1-2-4-6-8-10-12-14-16-18-20-21-19-17-15-13-11-9-7-5-3-1/h1-19H2. The molecule has 1 aliphatic carbocycles. The van der Waals surface area contributed by atoms with E-state index in [0.29, 0.717) is 0 Å². The smallest absolute Gasteiger partial charge is 0.00886 e. The van der Waals surface area contributed by atoms with E-state index >= 15 is 0 Å². The van der Waals surface area contributed by atoms with Crippen LogP contribution < -0.4 is 0 Å². The molecule has 0 heteroatoms. The van der Waals surface area contributed by atoms with Crippen molar-refractivity contribution < 1.29 is 0 Å². The maximum Gasteiger partial charge on any atom is 0.00886 e. The van der Waals surface area contributed by atoms with Crippen LogP contribution in [0.25, 0.3) is 0 Å². The molecule has 0 N–H and O–H groups in total. The minimum atomic E-state index is 1.14. The average Bonchev–Trinajstić information content (AvgIpc) is 2.50. The van der Waals surface area contributed by atoms with Gasteiger partial charge in [0, 0.05) is 12.8 Å². The van der Waals surface area contributed by atoms with Gasteiger partial charge in [0.25, 0.3) is 0 Å². The zero-order chi connectivity index (χ0) is 14.8. The summed E-state index contributed by atoms with van der Waals surface area (Å²) in [5.41, 5.74) is 0. The SMILES string of the molecule is C1#CCCCCCCCCCCCCCCCCCCC1. The molecule has 0 amide bonds. The van der Waals surface area contributed by atoms with Crippen molar-refractivity contribution in [3.63, 3.8) is 0 Å². The lowest BCUT2D eigenvalue weighted by Gasteiger charge is -2.03. The normalized spacial score (nSPS) is 22.5. The van der Waals surface area contributed by atoms with Gasteiger partial charge in [0.05, 0.1) is 0 Å². The Morgan fingerprint density at radius 1 is 0.238 bits per heavy atom. The molecular formula is C21H38. The summed E-state index contributed by atoms with van der Waals surface area (Å²) in [5.74, 6) is 6.73. The molecule has 0 atom stereocenters. The summed E-state index contributed by atoms with van der Waals surface area (Å²) in [5, 5.41) is 0. The molecule has 0 heterocycles. The van der Waals surface area contributed by atoms with Gasteiger partial charge in [-0.2, -0.15) is 0 Å². The van der Waals surface area contributed by atoms with Crippen molar-refractivity contribution in [1.29, 1.82) is 0 Å². The molecule has 1 rings (SSSR count). The van der Waals surface area contributed by atoms with E-state index in [1.54, 1.807) is 0 Å². The molecule has 0 nitrogen and oxygen atoms in total. The van der Waals surface area contributed by atoms with Crippen molar-refractivity contribution in [2.75, 3.05) is 0 Å². The monoisotopic (exact) mass is 290 g/mol. The minimum Gasteiger partial charge on any atom is -0.103 e. The molecule has 0 saturated carbocycles. The van der Waals surface area contributed by atoms with E-state index in [1.165, 1.54) is 109 Å². The number of hydrogen-bond acceptors (Lipinski definition) is 0. The van der Waals surface area contributed by atoms with Crippen LogP contribution in [0.15, 0.2) is 0 Å². The van der Waals surface area contributed by atoms with Crippen molar-refractivity contribution in [1.82, 2.24) is 0 Å². The second kappa shape index (κ2) is 15.9. The molecule has 0 saturated heterocycles. The van der Waals surface area contributed by atoms with Gasteiger partial charge in [0.2, 0.25) is 0 Å². The summed E-state index contributed by atoms with van der Waals surface area (Å²) >= 11 is 0. The first-order valence-electron chi connectivity index (χ1n) is 9.96. The van der Waals surface area contributed by atoms with Gasteiger partial charge in [-0.3, -0.25) is 0 Å². The Bertz CT molecular complexity index is 231. The molecule has 0 radical (unpaired) electrons. The summed E-state index contributed by atoms with van der Waals surface area (Å²) in [4.78, 5) is 0. The second-order valence-electron chi connectivity index (χ2n) is 6.86. The summed E-state index contributed by atoms with van der Waals surface area (Å²) in [6.07, 6.45) is 26.8. The molecule has 0 fully saturated rings. The molecule has 0 aliphatic heterocycles. The second-order valence-corrected chi connectivity index (χ2v) is 6.86. The van der Waals surface area contributed by atoms with E-state index in [1.807, 2.05) is 0 Å². The Kier molecular flexibility index (Phi) is 14.1. The molecule has 1 aliphatic rings. The highest BCUT2D eigenvalue weighted by Crippen LogP contribution is 2.14. The molecular weight excluding hydrogens is 252 g/mol. The molecule has 0 bridgehead atoms. The highest BCUT2D eigenvalue weighted by Gasteiger charge is 1.95. The molecule has 0 spiro atoms. The maximum absolute atomic E-state index is 3.37. The molecule has 0 aromatic carbocycles. The Hall–Kier alpha value is -0.440. The Morgan fingerprint density at radius 2 is 0.429 bits per heavy atom. The summed E-state index contributed by atoms with van der Waals surface area (Å²) in [6.45, 7) is 0. The zero-order valence-corrected chi connectivity index (χ0v) is 14.4. The van der Waals surface area contributed by atoms with Crippen molar-refractivity contribution in [3.05, 3.63) is 0 Å². The van der Waals surface area contributed by atoms with Gasteiger partial charge in [-0.05, 0) is 12.8 Å². The van der Waals surface area contributed by atoms with Crippen molar-refractivity contribution >= 4 is 0 Å². The molecule has 21 heavy (non-hydrogen) atoms. The molecule has 0 unspecified atom stereocenters. The van der Waals surface area contributed by atoms with Crippen LogP contribution in [0.4, 0.5) is 0 Å². The van der Waals surface area contributed by atoms with Gasteiger partial charge in [-0.1, -0.05) is 96.3 Å². The van der Waals surface area contributed by atoms with E-state index in [4.69, 9.17) is 0 Å². The van der Waals surface area contributed by atoms with E-state index in [9.17, 15) is 0 Å². The van der Waals surface area contributed by atoms with E-state index in [0.717, 1.165) is 12.8 Å². The topological polar surface area (TPSA) is 0 Å². The van der Waals surface area contributed by atoms with Crippen LogP contribution in [0.3, 0.4) is 0 Å². The largest absolute Gasteiger partial charge is 0.103 e. The number of hydrogen-bond donors (Lipinski definition) is 0. The first-order valence-corrected chi connectivity index (χ1v) is 9.96. The minimum absolute atomic E-state index is 1.14. The fraction of sp³-hybridized carbons (Fsp3) is 0.905. The maximum atomic E-state index is 3.37. The first kappa shape index (κ1) is 18.6. The highest BCUT2D eigenvalue weighted by atomic mass is 14.0. The lowest BCUT2D eigenvalue weighted by molar-refractivity contribution is 0.527. The fourth-order valence-corrected chi connectivity index (χ4v) is 3.26.